The number of rotatable bonds is 5. The maximum atomic E-state index is 13.4. The molecule has 0 bridgehead atoms. The van der Waals surface area contributed by atoms with Crippen LogP contribution in [0.25, 0.3) is 11.5 Å². The van der Waals surface area contributed by atoms with Crippen molar-refractivity contribution in [3.63, 3.8) is 0 Å². The van der Waals surface area contributed by atoms with Crippen LogP contribution in [0.15, 0.2) is 59.2 Å². The highest BCUT2D eigenvalue weighted by Crippen LogP contribution is 2.40. The number of fused-ring (bicyclic) bond motifs is 1. The Labute approximate surface area is 179 Å². The quantitative estimate of drug-likeness (QED) is 0.672. The molecule has 3 aromatic rings. The number of halogens is 1. The lowest BCUT2D eigenvalue weighted by Gasteiger charge is -2.44. The first-order chi connectivity index (χ1) is 14.5. The number of carbonyl (C=O) groups is 2. The number of nitrogens with one attached hydrogen (secondary N) is 1. The fourth-order valence-corrected chi connectivity index (χ4v) is 4.38. The number of carbonyl (C=O) groups excluding carboxylic acids is 2. The molecule has 30 heavy (non-hydrogen) atoms. The molecule has 0 saturated heterocycles. The highest BCUT2D eigenvalue weighted by Gasteiger charge is 2.52. The summed E-state index contributed by atoms with van der Waals surface area (Å²) < 4.78 is 7.46. The van der Waals surface area contributed by atoms with Crippen LogP contribution in [0.3, 0.4) is 0 Å². The Bertz CT molecular complexity index is 1100. The molecule has 5 rings (SSSR count). The van der Waals surface area contributed by atoms with Crippen molar-refractivity contribution in [1.29, 1.82) is 0 Å². The highest BCUT2D eigenvalue weighted by molar-refractivity contribution is 6.30. The third-order valence-corrected chi connectivity index (χ3v) is 6.21. The molecule has 3 heterocycles. The lowest BCUT2D eigenvalue weighted by molar-refractivity contribution is -0.133. The van der Waals surface area contributed by atoms with Gasteiger partial charge in [-0.1, -0.05) is 23.7 Å². The van der Waals surface area contributed by atoms with Gasteiger partial charge < -0.3 is 19.2 Å². The minimum atomic E-state index is -0.988. The van der Waals surface area contributed by atoms with E-state index in [2.05, 4.69) is 5.32 Å². The van der Waals surface area contributed by atoms with E-state index in [9.17, 15) is 9.59 Å². The second-order valence-electron chi connectivity index (χ2n) is 8.16. The Morgan fingerprint density at radius 1 is 1.17 bits per heavy atom. The van der Waals surface area contributed by atoms with Gasteiger partial charge in [-0.15, -0.1) is 0 Å². The van der Waals surface area contributed by atoms with Gasteiger partial charge in [0, 0.05) is 17.6 Å². The van der Waals surface area contributed by atoms with Gasteiger partial charge in [0.25, 0.3) is 5.91 Å². The predicted octanol–water partition coefficient (Wildman–Crippen LogP) is 4.09. The zero-order valence-corrected chi connectivity index (χ0v) is 17.4. The molecule has 1 unspecified atom stereocenters. The Kier molecular flexibility index (Phi) is 4.47. The number of amides is 2. The summed E-state index contributed by atoms with van der Waals surface area (Å²) in [4.78, 5) is 28.6. The second-order valence-corrected chi connectivity index (χ2v) is 8.59. The molecule has 2 aromatic heterocycles. The van der Waals surface area contributed by atoms with Gasteiger partial charge in [-0.05, 0) is 61.7 Å². The fourth-order valence-electron chi connectivity index (χ4n) is 4.25. The van der Waals surface area contributed by atoms with Crippen molar-refractivity contribution in [3.8, 4) is 11.5 Å². The van der Waals surface area contributed by atoms with Gasteiger partial charge in [-0.2, -0.15) is 0 Å². The van der Waals surface area contributed by atoms with Gasteiger partial charge in [-0.3, -0.25) is 9.59 Å². The van der Waals surface area contributed by atoms with Crippen molar-refractivity contribution in [2.24, 2.45) is 0 Å². The van der Waals surface area contributed by atoms with Crippen LogP contribution in [0.4, 0.5) is 0 Å². The number of hydrogen-bond donors (Lipinski definition) is 1. The Morgan fingerprint density at radius 2 is 1.90 bits per heavy atom. The summed E-state index contributed by atoms with van der Waals surface area (Å²) in [6.45, 7) is 2.61. The van der Waals surface area contributed by atoms with E-state index in [1.807, 2.05) is 47.9 Å². The maximum Gasteiger partial charge on any atom is 0.271 e. The van der Waals surface area contributed by atoms with Crippen LogP contribution in [-0.4, -0.2) is 32.9 Å². The van der Waals surface area contributed by atoms with E-state index in [4.69, 9.17) is 16.0 Å². The standard InChI is InChI=1S/C23H22ClN3O3/c1-23(22(29)25-13-15-4-6-16(24)7-5-15)14-26-18(20-3-2-12-30-20)10-11-19(26)21(28)27(23)17-8-9-17/h2-7,10-12,17H,8-9,13-14H2,1H3,(H,25,29). The van der Waals surface area contributed by atoms with Gasteiger partial charge in [0.1, 0.15) is 17.0 Å². The monoisotopic (exact) mass is 423 g/mol. The van der Waals surface area contributed by atoms with E-state index in [1.165, 1.54) is 0 Å². The van der Waals surface area contributed by atoms with Crippen LogP contribution in [0.1, 0.15) is 35.8 Å². The van der Waals surface area contributed by atoms with Crippen LogP contribution >= 0.6 is 11.6 Å². The normalized spacial score (nSPS) is 20.9. The molecule has 154 valence electrons. The van der Waals surface area contributed by atoms with Crippen LogP contribution in [0.2, 0.25) is 5.02 Å². The van der Waals surface area contributed by atoms with Crippen molar-refractivity contribution >= 4 is 23.4 Å². The zero-order chi connectivity index (χ0) is 20.9. The van der Waals surface area contributed by atoms with Gasteiger partial charge in [0.2, 0.25) is 5.91 Å². The van der Waals surface area contributed by atoms with Crippen molar-refractivity contribution in [2.45, 2.75) is 44.4 Å². The molecule has 6 nitrogen and oxygen atoms in total. The van der Waals surface area contributed by atoms with Crippen LogP contribution in [0.5, 0.6) is 0 Å². The first kappa shape index (κ1) is 19.0. The summed E-state index contributed by atoms with van der Waals surface area (Å²) in [5.74, 6) is 0.408. The van der Waals surface area contributed by atoms with Gasteiger partial charge in [0.05, 0.1) is 18.5 Å². The van der Waals surface area contributed by atoms with E-state index in [1.54, 1.807) is 23.3 Å². The zero-order valence-electron chi connectivity index (χ0n) is 16.6. The average molecular weight is 424 g/mol. The topological polar surface area (TPSA) is 67.5 Å². The number of aromatic nitrogens is 1. The number of nitrogens with zero attached hydrogens (tertiary/aromatic N) is 2. The smallest absolute Gasteiger partial charge is 0.271 e. The molecule has 1 aromatic carbocycles. The van der Waals surface area contributed by atoms with E-state index < -0.39 is 5.54 Å². The average Bonchev–Trinajstić information content (AvgIpc) is 3.23. The third kappa shape index (κ3) is 3.12. The maximum absolute atomic E-state index is 13.4. The van der Waals surface area contributed by atoms with Gasteiger partial charge >= 0.3 is 0 Å². The number of benzene rings is 1. The van der Waals surface area contributed by atoms with Gasteiger partial charge in [-0.25, -0.2) is 0 Å². The molecule has 1 atom stereocenters. The second kappa shape index (κ2) is 7.06. The highest BCUT2D eigenvalue weighted by atomic mass is 35.5. The molecular weight excluding hydrogens is 402 g/mol. The van der Waals surface area contributed by atoms with E-state index in [0.717, 1.165) is 24.1 Å². The summed E-state index contributed by atoms with van der Waals surface area (Å²) >= 11 is 5.95. The van der Waals surface area contributed by atoms with Crippen LogP contribution < -0.4 is 5.32 Å². The summed E-state index contributed by atoms with van der Waals surface area (Å²) in [5.41, 5.74) is 1.36. The third-order valence-electron chi connectivity index (χ3n) is 5.96. The minimum absolute atomic E-state index is 0.106. The van der Waals surface area contributed by atoms with Crippen molar-refractivity contribution in [1.82, 2.24) is 14.8 Å². The lowest BCUT2D eigenvalue weighted by Crippen LogP contribution is -2.64. The van der Waals surface area contributed by atoms with Crippen molar-refractivity contribution in [2.75, 3.05) is 0 Å². The molecule has 1 fully saturated rings. The summed E-state index contributed by atoms with van der Waals surface area (Å²) in [5, 5.41) is 3.68. The minimum Gasteiger partial charge on any atom is -0.463 e. The molecule has 1 aliphatic carbocycles. The molecule has 1 aliphatic heterocycles. The largest absolute Gasteiger partial charge is 0.463 e. The molecule has 7 heteroatoms. The fraction of sp³-hybridized carbons (Fsp3) is 0.304. The molecule has 2 aliphatic rings. The van der Waals surface area contributed by atoms with Crippen molar-refractivity contribution in [3.05, 3.63) is 71.1 Å². The lowest BCUT2D eigenvalue weighted by atomic mass is 9.94. The predicted molar refractivity (Wildman–Crippen MR) is 113 cm³/mol. The van der Waals surface area contributed by atoms with E-state index in [-0.39, 0.29) is 17.9 Å². The first-order valence-corrected chi connectivity index (χ1v) is 10.4. The summed E-state index contributed by atoms with van der Waals surface area (Å²) in [6, 6.07) is 14.9. The Balaban J connectivity index is 1.46. The van der Waals surface area contributed by atoms with Crippen LogP contribution in [0, 0.1) is 0 Å². The van der Waals surface area contributed by atoms with Crippen LogP contribution in [-0.2, 0) is 17.9 Å². The number of hydrogen-bond acceptors (Lipinski definition) is 3. The van der Waals surface area contributed by atoms with Crippen molar-refractivity contribution < 1.29 is 14.0 Å². The molecule has 1 N–H and O–H groups in total. The van der Waals surface area contributed by atoms with E-state index >= 15 is 0 Å². The molecular formula is C23H22ClN3O3. The first-order valence-electron chi connectivity index (χ1n) is 10.1. The van der Waals surface area contributed by atoms with E-state index in [0.29, 0.717) is 29.6 Å². The summed E-state index contributed by atoms with van der Waals surface area (Å²) in [6.07, 6.45) is 3.46. The van der Waals surface area contributed by atoms with Gasteiger partial charge in [0.15, 0.2) is 0 Å². The molecule has 2 amide bonds. The Hall–Kier alpha value is -2.99. The molecule has 0 spiro atoms. The number of furan rings is 1. The molecule has 1 saturated carbocycles. The molecule has 0 radical (unpaired) electrons. The summed E-state index contributed by atoms with van der Waals surface area (Å²) in [7, 11) is 0. The SMILES string of the molecule is CC1(C(=O)NCc2ccc(Cl)cc2)Cn2c(ccc2-c2ccco2)C(=O)N1C1CC1. The Morgan fingerprint density at radius 3 is 2.57 bits per heavy atom.